The van der Waals surface area contributed by atoms with E-state index in [2.05, 4.69) is 0 Å². The number of hydrogen-bond acceptors (Lipinski definition) is 5. The number of carbonyl (C=O) groups is 1. The second-order valence-electron chi connectivity index (χ2n) is 6.49. The number of carbonyl (C=O) groups excluding carboxylic acids is 1. The van der Waals surface area contributed by atoms with Crippen molar-refractivity contribution in [2.75, 3.05) is 5.73 Å². The normalized spacial score (nSPS) is 11.8. The fraction of sp³-hybridized carbons (Fsp3) is 0.136. The molecule has 0 aliphatic carbocycles. The van der Waals surface area contributed by atoms with Crippen molar-refractivity contribution in [3.05, 3.63) is 99.6 Å². The number of benzene rings is 3. The van der Waals surface area contributed by atoms with Crippen LogP contribution in [0.1, 0.15) is 33.2 Å². The number of aryl methyl sites for hydroxylation is 1. The number of Topliss-reactive ketones (excluding diaryl/α,β-unsaturated/α-hetero) is 1. The molecule has 2 N–H and O–H groups in total. The van der Waals surface area contributed by atoms with Gasteiger partial charge in [-0.05, 0) is 24.6 Å². The van der Waals surface area contributed by atoms with Crippen LogP contribution < -0.4 is 5.73 Å². The van der Waals surface area contributed by atoms with Gasteiger partial charge in [0.2, 0.25) is 0 Å². The lowest BCUT2D eigenvalue weighted by molar-refractivity contribution is -0.384. The zero-order chi connectivity index (χ0) is 20.1. The second kappa shape index (κ2) is 8.71. The number of nitrogen functional groups attached to an aromatic ring is 1. The van der Waals surface area contributed by atoms with Gasteiger partial charge in [-0.15, -0.1) is 11.8 Å². The highest BCUT2D eigenvalue weighted by molar-refractivity contribution is 7.99. The largest absolute Gasteiger partial charge is 0.398 e. The minimum Gasteiger partial charge on any atom is -0.398 e. The molecule has 0 unspecified atom stereocenters. The fourth-order valence-electron chi connectivity index (χ4n) is 2.81. The molecule has 1 atom stereocenters. The summed E-state index contributed by atoms with van der Waals surface area (Å²) in [7, 11) is 0. The molecule has 5 nitrogen and oxygen atoms in total. The molecule has 0 fully saturated rings. The van der Waals surface area contributed by atoms with E-state index >= 15 is 0 Å². The topological polar surface area (TPSA) is 86.2 Å². The summed E-state index contributed by atoms with van der Waals surface area (Å²) < 4.78 is 0. The zero-order valence-corrected chi connectivity index (χ0v) is 16.2. The van der Waals surface area contributed by atoms with Crippen LogP contribution in [0, 0.1) is 17.0 Å². The van der Waals surface area contributed by atoms with Gasteiger partial charge in [0.15, 0.2) is 5.78 Å². The number of nitro benzene ring substituents is 1. The molecule has 142 valence electrons. The van der Waals surface area contributed by atoms with E-state index in [4.69, 9.17) is 5.73 Å². The Labute approximate surface area is 167 Å². The molecule has 0 saturated carbocycles. The van der Waals surface area contributed by atoms with Gasteiger partial charge in [0, 0.05) is 39.9 Å². The molecule has 0 aliphatic rings. The third-order valence-corrected chi connectivity index (χ3v) is 5.76. The zero-order valence-electron chi connectivity index (χ0n) is 15.4. The summed E-state index contributed by atoms with van der Waals surface area (Å²) in [6, 6.07) is 21.3. The lowest BCUT2D eigenvalue weighted by Gasteiger charge is -2.18. The fourth-order valence-corrected chi connectivity index (χ4v) is 4.00. The van der Waals surface area contributed by atoms with Gasteiger partial charge in [0.1, 0.15) is 0 Å². The first-order valence-electron chi connectivity index (χ1n) is 8.79. The monoisotopic (exact) mass is 392 g/mol. The van der Waals surface area contributed by atoms with Crippen molar-refractivity contribution in [2.45, 2.75) is 23.5 Å². The molecule has 0 saturated heterocycles. The number of non-ortho nitro benzene ring substituents is 1. The molecule has 0 amide bonds. The maximum absolute atomic E-state index is 12.8. The summed E-state index contributed by atoms with van der Waals surface area (Å²) in [6.45, 7) is 1.97. The van der Waals surface area contributed by atoms with Crippen LogP contribution in [0.25, 0.3) is 0 Å². The lowest BCUT2D eigenvalue weighted by Crippen LogP contribution is -2.06. The number of thioether (sulfide) groups is 1. The molecule has 0 heterocycles. The van der Waals surface area contributed by atoms with E-state index in [9.17, 15) is 14.9 Å². The SMILES string of the molecule is Cc1ccc(C(=O)C[C@@H](Sc2ccccc2N)c2ccc([N+](=O)[O-])cc2)cc1. The van der Waals surface area contributed by atoms with Crippen molar-refractivity contribution in [3.63, 3.8) is 0 Å². The Balaban J connectivity index is 1.89. The highest BCUT2D eigenvalue weighted by Gasteiger charge is 2.20. The third kappa shape index (κ3) is 4.78. The Morgan fingerprint density at radius 1 is 1.04 bits per heavy atom. The van der Waals surface area contributed by atoms with Gasteiger partial charge in [-0.3, -0.25) is 14.9 Å². The van der Waals surface area contributed by atoms with Gasteiger partial charge in [-0.1, -0.05) is 54.1 Å². The molecule has 0 aromatic heterocycles. The third-order valence-electron chi connectivity index (χ3n) is 4.41. The summed E-state index contributed by atoms with van der Waals surface area (Å²) >= 11 is 1.49. The summed E-state index contributed by atoms with van der Waals surface area (Å²) in [5, 5.41) is 10.7. The number of ketones is 1. The summed E-state index contributed by atoms with van der Waals surface area (Å²) in [5.41, 5.74) is 9.33. The first kappa shape index (κ1) is 19.6. The molecule has 28 heavy (non-hydrogen) atoms. The van der Waals surface area contributed by atoms with Crippen molar-refractivity contribution in [3.8, 4) is 0 Å². The Morgan fingerprint density at radius 2 is 1.68 bits per heavy atom. The van der Waals surface area contributed by atoms with Crippen LogP contribution in [0.2, 0.25) is 0 Å². The summed E-state index contributed by atoms with van der Waals surface area (Å²) in [4.78, 5) is 24.2. The van der Waals surface area contributed by atoms with Gasteiger partial charge in [-0.2, -0.15) is 0 Å². The molecule has 0 radical (unpaired) electrons. The quantitative estimate of drug-likeness (QED) is 0.186. The minimum absolute atomic E-state index is 0.0188. The van der Waals surface area contributed by atoms with Crippen LogP contribution >= 0.6 is 11.8 Å². The average molecular weight is 392 g/mol. The number of anilines is 1. The van der Waals surface area contributed by atoms with Crippen LogP contribution in [0.3, 0.4) is 0 Å². The smallest absolute Gasteiger partial charge is 0.269 e. The van der Waals surface area contributed by atoms with E-state index in [0.717, 1.165) is 16.0 Å². The molecule has 0 aliphatic heterocycles. The van der Waals surface area contributed by atoms with E-state index < -0.39 is 4.92 Å². The number of nitrogens with zero attached hydrogens (tertiary/aromatic N) is 1. The minimum atomic E-state index is -0.432. The van der Waals surface area contributed by atoms with E-state index in [1.54, 1.807) is 12.1 Å². The molecular formula is C22H20N2O3S. The van der Waals surface area contributed by atoms with E-state index in [0.29, 0.717) is 11.3 Å². The Kier molecular flexibility index (Phi) is 6.11. The summed E-state index contributed by atoms with van der Waals surface area (Å²) in [6.07, 6.45) is 0.264. The highest BCUT2D eigenvalue weighted by atomic mass is 32.2. The van der Waals surface area contributed by atoms with Crippen molar-refractivity contribution in [1.29, 1.82) is 0 Å². The van der Waals surface area contributed by atoms with Gasteiger partial charge in [0.25, 0.3) is 5.69 Å². The van der Waals surface area contributed by atoms with E-state index in [-0.39, 0.29) is 23.1 Å². The Bertz CT molecular complexity index is 985. The maximum atomic E-state index is 12.8. The predicted octanol–water partition coefficient (Wildman–Crippen LogP) is 5.59. The van der Waals surface area contributed by atoms with Gasteiger partial charge < -0.3 is 5.73 Å². The van der Waals surface area contributed by atoms with E-state index in [1.807, 2.05) is 55.5 Å². The molecule has 6 heteroatoms. The van der Waals surface area contributed by atoms with Gasteiger partial charge in [-0.25, -0.2) is 0 Å². The van der Waals surface area contributed by atoms with Gasteiger partial charge in [0.05, 0.1) is 4.92 Å². The number of nitrogens with two attached hydrogens (primary N) is 1. The summed E-state index contributed by atoms with van der Waals surface area (Å²) in [5.74, 6) is 0.0188. The molecule has 3 aromatic carbocycles. The van der Waals surface area contributed by atoms with Crippen LogP contribution in [0.4, 0.5) is 11.4 Å². The van der Waals surface area contributed by atoms with Crippen LogP contribution in [-0.2, 0) is 0 Å². The van der Waals surface area contributed by atoms with Crippen molar-refractivity contribution < 1.29 is 9.72 Å². The van der Waals surface area contributed by atoms with Crippen molar-refractivity contribution in [2.24, 2.45) is 0 Å². The molecule has 0 bridgehead atoms. The molecule has 0 spiro atoms. The van der Waals surface area contributed by atoms with Gasteiger partial charge >= 0.3 is 0 Å². The van der Waals surface area contributed by atoms with Crippen LogP contribution in [-0.4, -0.2) is 10.7 Å². The first-order chi connectivity index (χ1) is 13.4. The number of nitro groups is 1. The van der Waals surface area contributed by atoms with Crippen LogP contribution in [0.5, 0.6) is 0 Å². The predicted molar refractivity (Wildman–Crippen MR) is 113 cm³/mol. The molecule has 3 aromatic rings. The Morgan fingerprint density at radius 3 is 2.29 bits per heavy atom. The molecular weight excluding hydrogens is 372 g/mol. The Hall–Kier alpha value is -3.12. The second-order valence-corrected chi connectivity index (χ2v) is 7.73. The van der Waals surface area contributed by atoms with E-state index in [1.165, 1.54) is 23.9 Å². The number of para-hydroxylation sites is 1. The van der Waals surface area contributed by atoms with Crippen LogP contribution in [0.15, 0.2) is 77.7 Å². The number of hydrogen-bond donors (Lipinski definition) is 1. The lowest BCUT2D eigenvalue weighted by atomic mass is 10.0. The maximum Gasteiger partial charge on any atom is 0.269 e. The van der Waals surface area contributed by atoms with Crippen molar-refractivity contribution >= 4 is 28.9 Å². The molecule has 3 rings (SSSR count). The highest BCUT2D eigenvalue weighted by Crippen LogP contribution is 2.41. The average Bonchev–Trinajstić information content (AvgIpc) is 2.69. The first-order valence-corrected chi connectivity index (χ1v) is 9.67. The number of rotatable bonds is 7. The standard InChI is InChI=1S/C22H20N2O3S/c1-15-6-8-16(9-7-15)20(25)14-22(28-21-5-3-2-4-19(21)23)17-10-12-18(13-11-17)24(26)27/h2-13,22H,14,23H2,1H3/t22-/m1/s1. The van der Waals surface area contributed by atoms with Crippen molar-refractivity contribution in [1.82, 2.24) is 0 Å².